The molecule has 4 heteroatoms. The molecule has 2 aromatic carbocycles. The van der Waals surface area contributed by atoms with E-state index in [-0.39, 0.29) is 11.6 Å². The first kappa shape index (κ1) is 13.0. The number of anilines is 1. The van der Waals surface area contributed by atoms with Gasteiger partial charge in [0, 0.05) is 36.5 Å². The summed E-state index contributed by atoms with van der Waals surface area (Å²) in [6.07, 6.45) is 0. The Morgan fingerprint density at radius 2 is 1.79 bits per heavy atom. The number of aromatic hydroxyl groups is 1. The summed E-state index contributed by atoms with van der Waals surface area (Å²) in [5.74, 6) is 0.169. The van der Waals surface area contributed by atoms with Crippen molar-refractivity contribution < 1.29 is 5.11 Å². The molecule has 0 bridgehead atoms. The summed E-state index contributed by atoms with van der Waals surface area (Å²) in [6, 6.07) is 12.7. The Morgan fingerprint density at radius 3 is 2.42 bits per heavy atom. The van der Waals surface area contributed by atoms with Crippen molar-refractivity contribution in [2.45, 2.75) is 0 Å². The van der Waals surface area contributed by atoms with Crippen LogP contribution in [0.25, 0.3) is 11.1 Å². The van der Waals surface area contributed by atoms with Crippen LogP contribution in [0.5, 0.6) is 5.75 Å². The number of nitrogen functional groups attached to an aromatic ring is 1. The minimum absolute atomic E-state index is 0.0106. The van der Waals surface area contributed by atoms with Crippen molar-refractivity contribution >= 4 is 11.5 Å². The van der Waals surface area contributed by atoms with E-state index in [1.807, 2.05) is 43.3 Å². The lowest BCUT2D eigenvalue weighted by Gasteiger charge is -2.18. The number of rotatable bonds is 3. The summed E-state index contributed by atoms with van der Waals surface area (Å²) in [5, 5.41) is 17.5. The highest BCUT2D eigenvalue weighted by atomic mass is 16.3. The second kappa shape index (κ2) is 5.02. The summed E-state index contributed by atoms with van der Waals surface area (Å²) in [5.41, 5.74) is 8.69. The van der Waals surface area contributed by atoms with Crippen LogP contribution in [0.1, 0.15) is 5.56 Å². The van der Waals surface area contributed by atoms with Crippen LogP contribution in [0.15, 0.2) is 42.5 Å². The molecule has 0 amide bonds. The van der Waals surface area contributed by atoms with Crippen molar-refractivity contribution in [2.24, 2.45) is 5.73 Å². The van der Waals surface area contributed by atoms with E-state index in [0.29, 0.717) is 11.1 Å². The Kier molecular flexibility index (Phi) is 3.42. The molecule has 0 aliphatic rings. The molecule has 98 valence electrons. The van der Waals surface area contributed by atoms with E-state index < -0.39 is 0 Å². The van der Waals surface area contributed by atoms with Gasteiger partial charge in [-0.15, -0.1) is 0 Å². The van der Waals surface area contributed by atoms with Crippen LogP contribution in [0.3, 0.4) is 0 Å². The van der Waals surface area contributed by atoms with Crippen molar-refractivity contribution in [3.8, 4) is 16.9 Å². The second-order valence-electron chi connectivity index (χ2n) is 4.56. The molecule has 2 rings (SSSR count). The Bertz CT molecular complexity index is 621. The summed E-state index contributed by atoms with van der Waals surface area (Å²) < 4.78 is 0. The fourth-order valence-corrected chi connectivity index (χ4v) is 2.01. The molecule has 0 spiro atoms. The molecule has 4 nitrogen and oxygen atoms in total. The molecule has 0 aliphatic carbocycles. The van der Waals surface area contributed by atoms with Crippen molar-refractivity contribution in [1.29, 1.82) is 5.41 Å². The number of nitrogens with two attached hydrogens (primary N) is 1. The highest BCUT2D eigenvalue weighted by Gasteiger charge is 2.11. The largest absolute Gasteiger partial charge is 0.507 e. The maximum absolute atomic E-state index is 10.0. The van der Waals surface area contributed by atoms with Gasteiger partial charge in [0.25, 0.3) is 0 Å². The number of nitrogens with one attached hydrogen (secondary N) is 1. The molecule has 0 unspecified atom stereocenters. The van der Waals surface area contributed by atoms with E-state index in [9.17, 15) is 5.11 Å². The zero-order valence-corrected chi connectivity index (χ0v) is 11.0. The van der Waals surface area contributed by atoms with E-state index in [0.717, 1.165) is 11.3 Å². The fraction of sp³-hybridized carbons (Fsp3) is 0.133. The maximum atomic E-state index is 10.0. The van der Waals surface area contributed by atoms with E-state index in [4.69, 9.17) is 11.1 Å². The summed E-state index contributed by atoms with van der Waals surface area (Å²) in [7, 11) is 3.90. The van der Waals surface area contributed by atoms with E-state index in [2.05, 4.69) is 0 Å². The predicted molar refractivity (Wildman–Crippen MR) is 78.9 cm³/mol. The Hall–Kier alpha value is -2.49. The first-order valence-electron chi connectivity index (χ1n) is 5.95. The van der Waals surface area contributed by atoms with Gasteiger partial charge in [-0.3, -0.25) is 5.41 Å². The molecule has 0 aromatic heterocycles. The number of hydrogen-bond acceptors (Lipinski definition) is 3. The maximum Gasteiger partial charge on any atom is 0.123 e. The molecule has 19 heavy (non-hydrogen) atoms. The zero-order chi connectivity index (χ0) is 14.0. The molecule has 0 saturated carbocycles. The van der Waals surface area contributed by atoms with Gasteiger partial charge in [-0.05, 0) is 24.3 Å². The van der Waals surface area contributed by atoms with Crippen molar-refractivity contribution in [1.82, 2.24) is 0 Å². The average molecular weight is 255 g/mol. The lowest BCUT2D eigenvalue weighted by atomic mass is 9.99. The third kappa shape index (κ3) is 2.52. The Morgan fingerprint density at radius 1 is 1.11 bits per heavy atom. The number of para-hydroxylation sites is 1. The lowest BCUT2D eigenvalue weighted by molar-refractivity contribution is 0.477. The fourth-order valence-electron chi connectivity index (χ4n) is 2.01. The number of phenols is 1. The van der Waals surface area contributed by atoms with E-state index in [1.165, 1.54) is 0 Å². The molecule has 0 aliphatic heterocycles. The van der Waals surface area contributed by atoms with Gasteiger partial charge >= 0.3 is 0 Å². The summed E-state index contributed by atoms with van der Waals surface area (Å²) in [4.78, 5) is 1.98. The van der Waals surface area contributed by atoms with Crippen LogP contribution >= 0.6 is 0 Å². The highest BCUT2D eigenvalue weighted by molar-refractivity contribution is 5.97. The highest BCUT2D eigenvalue weighted by Crippen LogP contribution is 2.35. The predicted octanol–water partition coefficient (Wildman–Crippen LogP) is 2.41. The molecule has 0 radical (unpaired) electrons. The van der Waals surface area contributed by atoms with Crippen LogP contribution in [0.4, 0.5) is 5.69 Å². The molecule has 4 N–H and O–H groups in total. The molecule has 0 fully saturated rings. The molecular weight excluding hydrogens is 238 g/mol. The van der Waals surface area contributed by atoms with Crippen molar-refractivity contribution in [2.75, 3.05) is 19.0 Å². The minimum atomic E-state index is -0.0106. The summed E-state index contributed by atoms with van der Waals surface area (Å²) >= 11 is 0. The smallest absolute Gasteiger partial charge is 0.123 e. The average Bonchev–Trinajstić information content (AvgIpc) is 2.39. The van der Waals surface area contributed by atoms with Crippen LogP contribution in [0, 0.1) is 5.41 Å². The number of benzene rings is 2. The quantitative estimate of drug-likeness (QED) is 0.582. The standard InChI is InChI=1S/C15H17N3O/c1-18(2)13-6-4-3-5-11(13)12-9-10(15(16)17)7-8-14(12)19/h3-9,19H,1-2H3,(H3,16,17). The molecule has 0 atom stereocenters. The van der Waals surface area contributed by atoms with Gasteiger partial charge in [-0.2, -0.15) is 0 Å². The van der Waals surface area contributed by atoms with Crippen LogP contribution in [-0.4, -0.2) is 25.0 Å². The summed E-state index contributed by atoms with van der Waals surface area (Å²) in [6.45, 7) is 0. The molecule has 2 aromatic rings. The Labute approximate surface area is 112 Å². The van der Waals surface area contributed by atoms with Gasteiger partial charge in [-0.25, -0.2) is 0 Å². The van der Waals surface area contributed by atoms with Crippen molar-refractivity contribution in [3.05, 3.63) is 48.0 Å². The number of hydrogen-bond donors (Lipinski definition) is 3. The second-order valence-corrected chi connectivity index (χ2v) is 4.56. The number of nitrogens with zero attached hydrogens (tertiary/aromatic N) is 1. The Balaban J connectivity index is 2.64. The normalized spacial score (nSPS) is 10.2. The van der Waals surface area contributed by atoms with Gasteiger partial charge in [0.15, 0.2) is 0 Å². The molecule has 0 saturated heterocycles. The van der Waals surface area contributed by atoms with E-state index >= 15 is 0 Å². The first-order chi connectivity index (χ1) is 9.00. The van der Waals surface area contributed by atoms with Gasteiger partial charge in [0.05, 0.1) is 0 Å². The van der Waals surface area contributed by atoms with Gasteiger partial charge < -0.3 is 15.7 Å². The molecular formula is C15H17N3O. The van der Waals surface area contributed by atoms with Crippen LogP contribution in [-0.2, 0) is 0 Å². The van der Waals surface area contributed by atoms with Crippen LogP contribution in [0.2, 0.25) is 0 Å². The zero-order valence-electron chi connectivity index (χ0n) is 11.0. The van der Waals surface area contributed by atoms with Gasteiger partial charge in [-0.1, -0.05) is 18.2 Å². The first-order valence-corrected chi connectivity index (χ1v) is 5.95. The minimum Gasteiger partial charge on any atom is -0.507 e. The number of phenolic OH excluding ortho intramolecular Hbond substituents is 1. The van der Waals surface area contributed by atoms with Gasteiger partial charge in [0.1, 0.15) is 11.6 Å². The monoisotopic (exact) mass is 255 g/mol. The third-order valence-electron chi connectivity index (χ3n) is 2.98. The third-order valence-corrected chi connectivity index (χ3v) is 2.98. The van der Waals surface area contributed by atoms with Gasteiger partial charge in [0.2, 0.25) is 0 Å². The van der Waals surface area contributed by atoms with Crippen LogP contribution < -0.4 is 10.6 Å². The number of amidine groups is 1. The SMILES string of the molecule is CN(C)c1ccccc1-c1cc(C(=N)N)ccc1O. The van der Waals surface area contributed by atoms with E-state index in [1.54, 1.807) is 18.2 Å². The topological polar surface area (TPSA) is 73.3 Å². The lowest BCUT2D eigenvalue weighted by Crippen LogP contribution is -2.12. The molecule has 0 heterocycles. The van der Waals surface area contributed by atoms with Crippen molar-refractivity contribution in [3.63, 3.8) is 0 Å².